The molecule has 1 atom stereocenters. The molecule has 5 heteroatoms. The molecule has 0 spiro atoms. The second-order valence-corrected chi connectivity index (χ2v) is 6.11. The first-order valence-electron chi connectivity index (χ1n) is 8.40. The largest absolute Gasteiger partial charge is 0.473 e. The number of hydrogen-bond donors (Lipinski definition) is 0. The number of carbonyl (C=O) groups excluding carboxylic acids is 1. The molecule has 0 unspecified atom stereocenters. The second kappa shape index (κ2) is 9.69. The van der Waals surface area contributed by atoms with Crippen molar-refractivity contribution in [1.29, 1.82) is 0 Å². The van der Waals surface area contributed by atoms with Gasteiger partial charge in [0.1, 0.15) is 6.10 Å². The van der Waals surface area contributed by atoms with Crippen molar-refractivity contribution in [2.75, 3.05) is 13.6 Å². The maximum Gasteiger partial charge on any atom is 0.213 e. The van der Waals surface area contributed by atoms with Gasteiger partial charge in [-0.25, -0.2) is 4.98 Å². The average Bonchev–Trinajstić information content (AvgIpc) is 2.61. The van der Waals surface area contributed by atoms with Crippen molar-refractivity contribution in [3.63, 3.8) is 0 Å². The first kappa shape index (κ1) is 18.8. The molecule has 0 aliphatic heterocycles. The minimum atomic E-state index is -0.00431. The lowest BCUT2D eigenvalue weighted by atomic mass is 10.1. The van der Waals surface area contributed by atoms with Gasteiger partial charge in [0.15, 0.2) is 5.78 Å². The molecule has 0 fully saturated rings. The van der Waals surface area contributed by atoms with E-state index in [1.165, 1.54) is 6.92 Å². The maximum absolute atomic E-state index is 11.3. The summed E-state index contributed by atoms with van der Waals surface area (Å²) in [6.07, 6.45) is 8.82. The smallest absolute Gasteiger partial charge is 0.213 e. The number of allylic oxidation sites excluding steroid dienone is 1. The molecule has 2 rings (SSSR count). The molecule has 0 aliphatic rings. The summed E-state index contributed by atoms with van der Waals surface area (Å²) in [5.74, 6) is 0.535. The van der Waals surface area contributed by atoms with E-state index in [1.54, 1.807) is 24.5 Å². The summed E-state index contributed by atoms with van der Waals surface area (Å²) < 4.78 is 6.03. The fourth-order valence-electron chi connectivity index (χ4n) is 2.54. The Morgan fingerprint density at radius 2 is 2.20 bits per heavy atom. The molecular weight excluding hydrogens is 314 g/mol. The number of ether oxygens (including phenoxy) is 1. The van der Waals surface area contributed by atoms with Crippen LogP contribution in [0.5, 0.6) is 5.88 Å². The fraction of sp³-hybridized carbons (Fsp3) is 0.350. The predicted octanol–water partition coefficient (Wildman–Crippen LogP) is 3.52. The fourth-order valence-corrected chi connectivity index (χ4v) is 2.54. The Morgan fingerprint density at radius 3 is 2.80 bits per heavy atom. The van der Waals surface area contributed by atoms with Gasteiger partial charge in [0.2, 0.25) is 5.88 Å². The normalized spacial score (nSPS) is 12.0. The molecule has 2 heterocycles. The third kappa shape index (κ3) is 6.47. The molecule has 25 heavy (non-hydrogen) atoms. The van der Waals surface area contributed by atoms with E-state index in [1.807, 2.05) is 18.3 Å². The highest BCUT2D eigenvalue weighted by molar-refractivity contribution is 5.93. The molecule has 0 bridgehead atoms. The number of nitrogens with zero attached hydrogens (tertiary/aromatic N) is 3. The summed E-state index contributed by atoms with van der Waals surface area (Å²) in [7, 11) is 2.06. The summed E-state index contributed by atoms with van der Waals surface area (Å²) in [4.78, 5) is 21.9. The van der Waals surface area contributed by atoms with Crippen LogP contribution in [-0.4, -0.2) is 40.3 Å². The van der Waals surface area contributed by atoms with Crippen molar-refractivity contribution in [1.82, 2.24) is 14.9 Å². The van der Waals surface area contributed by atoms with Crippen LogP contribution in [0.1, 0.15) is 35.7 Å². The van der Waals surface area contributed by atoms with Crippen LogP contribution in [0.25, 0.3) is 0 Å². The van der Waals surface area contributed by atoms with E-state index in [2.05, 4.69) is 34.6 Å². The van der Waals surface area contributed by atoms with Gasteiger partial charge in [-0.05, 0) is 44.5 Å². The lowest BCUT2D eigenvalue weighted by Gasteiger charge is -2.24. The van der Waals surface area contributed by atoms with Gasteiger partial charge in [0.05, 0.1) is 0 Å². The van der Waals surface area contributed by atoms with Crippen LogP contribution in [0.3, 0.4) is 0 Å². The first-order valence-corrected chi connectivity index (χ1v) is 8.40. The molecule has 0 aliphatic carbocycles. The van der Waals surface area contributed by atoms with E-state index in [9.17, 15) is 4.79 Å². The number of pyridine rings is 2. The van der Waals surface area contributed by atoms with Crippen LogP contribution >= 0.6 is 0 Å². The van der Waals surface area contributed by atoms with E-state index in [-0.39, 0.29) is 11.9 Å². The van der Waals surface area contributed by atoms with E-state index in [4.69, 9.17) is 4.74 Å². The average molecular weight is 339 g/mol. The molecule has 2 aromatic rings. The zero-order valence-corrected chi connectivity index (χ0v) is 14.9. The summed E-state index contributed by atoms with van der Waals surface area (Å²) in [6.45, 7) is 6.88. The minimum Gasteiger partial charge on any atom is -0.473 e. The number of carbonyl (C=O) groups is 1. The maximum atomic E-state index is 11.3. The highest BCUT2D eigenvalue weighted by Crippen LogP contribution is 2.14. The van der Waals surface area contributed by atoms with Gasteiger partial charge < -0.3 is 4.74 Å². The van der Waals surface area contributed by atoms with Crippen LogP contribution in [0.4, 0.5) is 0 Å². The monoisotopic (exact) mass is 339 g/mol. The third-order valence-corrected chi connectivity index (χ3v) is 3.81. The molecular formula is C20H25N3O2. The molecule has 2 aromatic heterocycles. The Morgan fingerprint density at radius 1 is 1.36 bits per heavy atom. The number of aromatic nitrogens is 2. The van der Waals surface area contributed by atoms with Crippen LogP contribution < -0.4 is 4.74 Å². The van der Waals surface area contributed by atoms with Gasteiger partial charge in [-0.2, -0.15) is 0 Å². The number of ketones is 1. The molecule has 0 saturated carbocycles. The third-order valence-electron chi connectivity index (χ3n) is 3.81. The molecule has 132 valence electrons. The van der Waals surface area contributed by atoms with Crippen molar-refractivity contribution in [2.24, 2.45) is 0 Å². The van der Waals surface area contributed by atoms with Gasteiger partial charge in [0.25, 0.3) is 0 Å². The minimum absolute atomic E-state index is 0.00142. The highest BCUT2D eigenvalue weighted by Gasteiger charge is 2.14. The van der Waals surface area contributed by atoms with Crippen molar-refractivity contribution < 1.29 is 9.53 Å². The summed E-state index contributed by atoms with van der Waals surface area (Å²) in [6, 6.07) is 7.49. The molecule has 0 radical (unpaired) electrons. The van der Waals surface area contributed by atoms with Crippen LogP contribution in [-0.2, 0) is 6.54 Å². The van der Waals surface area contributed by atoms with Crippen molar-refractivity contribution >= 4 is 5.78 Å². The number of hydrogen-bond acceptors (Lipinski definition) is 5. The number of rotatable bonds is 10. The molecule has 0 N–H and O–H groups in total. The van der Waals surface area contributed by atoms with E-state index in [0.717, 1.165) is 31.5 Å². The van der Waals surface area contributed by atoms with Gasteiger partial charge in [0, 0.05) is 43.3 Å². The van der Waals surface area contributed by atoms with Crippen molar-refractivity contribution in [3.8, 4) is 5.88 Å². The second-order valence-electron chi connectivity index (χ2n) is 6.11. The molecule has 0 amide bonds. The number of likely N-dealkylation sites (N-methyl/N-ethyl adjacent to an activating group) is 1. The Balaban J connectivity index is 1.97. The van der Waals surface area contributed by atoms with E-state index >= 15 is 0 Å². The zero-order chi connectivity index (χ0) is 18.1. The van der Waals surface area contributed by atoms with Gasteiger partial charge in [-0.15, -0.1) is 6.58 Å². The Hall–Kier alpha value is -2.53. The summed E-state index contributed by atoms with van der Waals surface area (Å²) >= 11 is 0. The van der Waals surface area contributed by atoms with Crippen molar-refractivity contribution in [2.45, 2.75) is 32.4 Å². The van der Waals surface area contributed by atoms with Gasteiger partial charge in [-0.1, -0.05) is 12.1 Å². The topological polar surface area (TPSA) is 55.3 Å². The standard InChI is InChI=1S/C20H25N3O2/c1-4-5-8-19(15-23(3)14-17-7-6-11-21-12-17)25-20-10-9-18(13-22-20)16(2)24/h4,6-7,9-13,19H,1,5,8,14-15H2,2-3H3/t19-/m0/s1. The predicted molar refractivity (Wildman–Crippen MR) is 98.7 cm³/mol. The lowest BCUT2D eigenvalue weighted by Crippen LogP contribution is -2.33. The Bertz CT molecular complexity index is 671. The van der Waals surface area contributed by atoms with Crippen LogP contribution in [0, 0.1) is 0 Å². The van der Waals surface area contributed by atoms with Gasteiger partial charge in [-0.3, -0.25) is 14.7 Å². The van der Waals surface area contributed by atoms with Crippen LogP contribution in [0.15, 0.2) is 55.5 Å². The number of Topliss-reactive ketones (excluding diaryl/α,β-unsaturated/α-hetero) is 1. The van der Waals surface area contributed by atoms with Gasteiger partial charge >= 0.3 is 0 Å². The summed E-state index contributed by atoms with van der Waals surface area (Å²) in [5, 5.41) is 0. The lowest BCUT2D eigenvalue weighted by molar-refractivity contribution is 0.101. The van der Waals surface area contributed by atoms with E-state index < -0.39 is 0 Å². The highest BCUT2D eigenvalue weighted by atomic mass is 16.5. The SMILES string of the molecule is C=CCC[C@@H](CN(C)Cc1cccnc1)Oc1ccc(C(C)=O)cn1. The Kier molecular flexibility index (Phi) is 7.29. The first-order chi connectivity index (χ1) is 12.1. The molecule has 5 nitrogen and oxygen atoms in total. The molecule has 0 aromatic carbocycles. The Labute approximate surface area is 149 Å². The van der Waals surface area contributed by atoms with E-state index in [0.29, 0.717) is 11.4 Å². The quantitative estimate of drug-likeness (QED) is 0.490. The summed E-state index contributed by atoms with van der Waals surface area (Å²) in [5.41, 5.74) is 1.75. The molecule has 0 saturated heterocycles. The zero-order valence-electron chi connectivity index (χ0n) is 14.9. The van der Waals surface area contributed by atoms with Crippen molar-refractivity contribution in [3.05, 3.63) is 66.6 Å². The van der Waals surface area contributed by atoms with Crippen LogP contribution in [0.2, 0.25) is 0 Å².